The van der Waals surface area contributed by atoms with E-state index in [0.717, 1.165) is 10.9 Å². The molecule has 0 saturated carbocycles. The average molecular weight is 666 g/mol. The topological polar surface area (TPSA) is 125 Å². The van der Waals surface area contributed by atoms with Crippen LogP contribution in [0.1, 0.15) is 16.7 Å². The lowest BCUT2D eigenvalue weighted by Gasteiger charge is -2.11. The molecule has 1 aliphatic rings. The van der Waals surface area contributed by atoms with E-state index in [0.29, 0.717) is 50.7 Å². The summed E-state index contributed by atoms with van der Waals surface area (Å²) < 4.78 is 18.0. The molecule has 0 atom stereocenters. The molecule has 1 heterocycles. The van der Waals surface area contributed by atoms with E-state index in [1.165, 1.54) is 19.6 Å². The second kappa shape index (κ2) is 15.3. The summed E-state index contributed by atoms with van der Waals surface area (Å²) >= 11 is 0. The standard InChI is InChI=1S/C39H27B3N3O6/c46-34-15-13-25-22-43-31-9-2-6-28(17-31)40-49-38-21-35(47)16-14-26(38)23-44-32-10-4-8-30(19-32)42-51-39-27(5-1-12-36(39)48)24-45-33-11-3-7-29(18-33)41-50-37(25)20-34/h1-24,46-48H. The van der Waals surface area contributed by atoms with Gasteiger partial charge in [0.1, 0.15) is 23.0 Å². The Balaban J connectivity index is 1.24. The molecule has 3 radical (unpaired) electrons. The number of fused-ring (bicyclic) bond motifs is 9. The molecule has 243 valence electrons. The number of benzene rings is 6. The van der Waals surface area contributed by atoms with Crippen LogP contribution < -0.4 is 30.4 Å². The second-order valence-corrected chi connectivity index (χ2v) is 11.4. The fraction of sp³-hybridized carbons (Fsp3) is 0. The van der Waals surface area contributed by atoms with Gasteiger partial charge >= 0.3 is 22.4 Å². The molecular formula is C39H27B3N3O6. The third-order valence-corrected chi connectivity index (χ3v) is 7.64. The predicted octanol–water partition coefficient (Wildman–Crippen LogP) is 5.34. The maximum absolute atomic E-state index is 10.7. The van der Waals surface area contributed by atoms with Gasteiger partial charge in [0.15, 0.2) is 11.5 Å². The number of rotatable bonds is 0. The van der Waals surface area contributed by atoms with E-state index in [1.807, 2.05) is 72.8 Å². The first-order chi connectivity index (χ1) is 24.9. The Hall–Kier alpha value is -6.68. The molecule has 3 N–H and O–H groups in total. The second-order valence-electron chi connectivity index (χ2n) is 11.4. The number of para-hydroxylation sites is 1. The summed E-state index contributed by atoms with van der Waals surface area (Å²) in [6.07, 6.45) is 4.92. The van der Waals surface area contributed by atoms with Crippen LogP contribution in [0, 0.1) is 0 Å². The van der Waals surface area contributed by atoms with Crippen molar-refractivity contribution in [2.45, 2.75) is 0 Å². The van der Waals surface area contributed by atoms with Gasteiger partial charge in [0.2, 0.25) is 0 Å². The number of aromatic hydroxyl groups is 3. The highest BCUT2D eigenvalue weighted by molar-refractivity contribution is 6.49. The summed E-state index contributed by atoms with van der Waals surface area (Å²) in [4.78, 5) is 13.9. The molecule has 1 aliphatic heterocycles. The van der Waals surface area contributed by atoms with Crippen LogP contribution in [-0.2, 0) is 0 Å². The van der Waals surface area contributed by atoms with Gasteiger partial charge in [0.05, 0.1) is 17.1 Å². The fourth-order valence-corrected chi connectivity index (χ4v) is 5.09. The molecule has 0 aromatic heterocycles. The van der Waals surface area contributed by atoms with E-state index in [4.69, 9.17) is 14.0 Å². The Morgan fingerprint density at radius 3 is 1.33 bits per heavy atom. The highest BCUT2D eigenvalue weighted by Crippen LogP contribution is 2.30. The number of hydrogen-bond acceptors (Lipinski definition) is 9. The molecule has 0 aliphatic carbocycles. The SMILES string of the molecule is Oc1ccc2c(c1)O[B]c1cccc(c1)N=Cc1cccc(O)c1O[B]c1cccc(c1)N=Cc1ccc(O)cc1O[B]c1cccc(c1)N=C2. The lowest BCUT2D eigenvalue weighted by atomic mass is 9.87. The molecule has 6 aromatic carbocycles. The van der Waals surface area contributed by atoms with E-state index in [-0.39, 0.29) is 23.0 Å². The van der Waals surface area contributed by atoms with Crippen molar-refractivity contribution in [3.8, 4) is 34.5 Å². The van der Waals surface area contributed by atoms with E-state index < -0.39 is 0 Å². The molecule has 7 rings (SSSR count). The van der Waals surface area contributed by atoms with Crippen LogP contribution in [0.2, 0.25) is 0 Å². The van der Waals surface area contributed by atoms with E-state index in [1.54, 1.807) is 76.1 Å². The molecule has 51 heavy (non-hydrogen) atoms. The van der Waals surface area contributed by atoms with Gasteiger partial charge in [-0.25, -0.2) is 0 Å². The van der Waals surface area contributed by atoms with Crippen LogP contribution in [0.25, 0.3) is 0 Å². The first-order valence-corrected chi connectivity index (χ1v) is 15.9. The van der Waals surface area contributed by atoms with Gasteiger partial charge in [-0.3, -0.25) is 15.0 Å². The smallest absolute Gasteiger partial charge is 0.409 e. The lowest BCUT2D eigenvalue weighted by Crippen LogP contribution is -2.20. The number of phenolic OH excluding ortho intramolecular Hbond substituents is 3. The molecular weight excluding hydrogens is 639 g/mol. The van der Waals surface area contributed by atoms with Crippen LogP contribution >= 0.6 is 0 Å². The maximum atomic E-state index is 10.7. The molecule has 6 bridgehead atoms. The van der Waals surface area contributed by atoms with Crippen LogP contribution in [0.5, 0.6) is 34.5 Å². The van der Waals surface area contributed by atoms with E-state index >= 15 is 0 Å². The van der Waals surface area contributed by atoms with Crippen LogP contribution in [0.15, 0.2) is 142 Å². The van der Waals surface area contributed by atoms with Crippen molar-refractivity contribution in [1.29, 1.82) is 0 Å². The Labute approximate surface area is 296 Å². The summed E-state index contributed by atoms with van der Waals surface area (Å²) in [6, 6.07) is 36.8. The van der Waals surface area contributed by atoms with Crippen molar-refractivity contribution >= 4 is 74.5 Å². The van der Waals surface area contributed by atoms with Gasteiger partial charge in [-0.1, -0.05) is 42.5 Å². The fourth-order valence-electron chi connectivity index (χ4n) is 5.09. The van der Waals surface area contributed by atoms with E-state index in [9.17, 15) is 15.3 Å². The number of aliphatic imine (C=N–C) groups is 3. The Morgan fingerprint density at radius 1 is 0.412 bits per heavy atom. The molecule has 0 fully saturated rings. The third-order valence-electron chi connectivity index (χ3n) is 7.64. The molecule has 0 saturated heterocycles. The van der Waals surface area contributed by atoms with Crippen LogP contribution in [-0.4, -0.2) is 56.4 Å². The number of phenols is 3. The van der Waals surface area contributed by atoms with Crippen molar-refractivity contribution in [1.82, 2.24) is 0 Å². The minimum Gasteiger partial charge on any atom is -0.557 e. The first kappa shape index (κ1) is 32.9. The minimum atomic E-state index is -0.0441. The molecule has 9 nitrogen and oxygen atoms in total. The van der Waals surface area contributed by atoms with Crippen molar-refractivity contribution in [2.24, 2.45) is 15.0 Å². The summed E-state index contributed by atoms with van der Waals surface area (Å²) in [6.45, 7) is 0. The minimum absolute atomic E-state index is 0.0441. The summed E-state index contributed by atoms with van der Waals surface area (Å²) in [5.74, 6) is 1.09. The van der Waals surface area contributed by atoms with Gasteiger partial charge < -0.3 is 29.3 Å². The maximum Gasteiger partial charge on any atom is 0.409 e. The third kappa shape index (κ3) is 8.50. The molecule has 0 unspecified atom stereocenters. The highest BCUT2D eigenvalue weighted by Gasteiger charge is 2.12. The summed E-state index contributed by atoms with van der Waals surface area (Å²) in [7, 11) is 4.66. The van der Waals surface area contributed by atoms with Crippen molar-refractivity contribution in [2.75, 3.05) is 0 Å². The first-order valence-electron chi connectivity index (χ1n) is 15.9. The normalized spacial score (nSPS) is 12.5. The largest absolute Gasteiger partial charge is 0.557 e. The molecule has 0 amide bonds. The zero-order valence-corrected chi connectivity index (χ0v) is 27.0. The number of nitrogens with zero attached hydrogens (tertiary/aromatic N) is 3. The zero-order valence-electron chi connectivity index (χ0n) is 27.0. The van der Waals surface area contributed by atoms with Crippen molar-refractivity contribution < 1.29 is 29.3 Å². The quantitative estimate of drug-likeness (QED) is 0.188. The number of hydrogen-bond donors (Lipinski definition) is 3. The molecule has 0 spiro atoms. The Kier molecular flexibility index (Phi) is 9.83. The summed E-state index contributed by atoms with van der Waals surface area (Å²) in [5, 5.41) is 31.1. The average Bonchev–Trinajstić information content (AvgIpc) is 3.14. The molecule has 12 heteroatoms. The monoisotopic (exact) mass is 666 g/mol. The lowest BCUT2D eigenvalue weighted by molar-refractivity contribution is 0.444. The van der Waals surface area contributed by atoms with Crippen molar-refractivity contribution in [3.63, 3.8) is 0 Å². The summed E-state index contributed by atoms with van der Waals surface area (Å²) in [5.41, 5.74) is 5.98. The van der Waals surface area contributed by atoms with E-state index in [2.05, 4.69) is 15.0 Å². The Bertz CT molecular complexity index is 2290. The van der Waals surface area contributed by atoms with Crippen molar-refractivity contribution in [3.05, 3.63) is 144 Å². The van der Waals surface area contributed by atoms with Gasteiger partial charge in [-0.05, 0) is 89.2 Å². The Morgan fingerprint density at radius 2 is 0.843 bits per heavy atom. The molecule has 6 aromatic rings. The highest BCUT2D eigenvalue weighted by atomic mass is 16.4. The van der Waals surface area contributed by atoms with Gasteiger partial charge in [-0.2, -0.15) is 0 Å². The predicted molar refractivity (Wildman–Crippen MR) is 203 cm³/mol. The van der Waals surface area contributed by atoms with Crippen LogP contribution in [0.4, 0.5) is 17.1 Å². The van der Waals surface area contributed by atoms with Gasteiger partial charge in [0, 0.05) is 47.5 Å². The zero-order chi connectivity index (χ0) is 35.0. The van der Waals surface area contributed by atoms with Gasteiger partial charge in [0.25, 0.3) is 0 Å². The van der Waals surface area contributed by atoms with Gasteiger partial charge in [-0.15, -0.1) is 0 Å². The van der Waals surface area contributed by atoms with Crippen LogP contribution in [0.3, 0.4) is 0 Å².